The summed E-state index contributed by atoms with van der Waals surface area (Å²) in [7, 11) is 3.16. The molecule has 1 rings (SSSR count). The van der Waals surface area contributed by atoms with E-state index in [0.717, 1.165) is 0 Å². The molecule has 1 aromatic heterocycles. The molecule has 1 aromatic rings. The van der Waals surface area contributed by atoms with Crippen molar-refractivity contribution in [3.05, 3.63) is 0 Å². The lowest BCUT2D eigenvalue weighted by Gasteiger charge is -2.23. The van der Waals surface area contributed by atoms with Crippen molar-refractivity contribution in [1.29, 1.82) is 0 Å². The van der Waals surface area contributed by atoms with Gasteiger partial charge in [-0.05, 0) is 27.7 Å². The summed E-state index contributed by atoms with van der Waals surface area (Å²) >= 11 is 0. The number of ether oxygens (including phenoxy) is 1. The lowest BCUT2D eigenvalue weighted by atomic mass is 10.1. The van der Waals surface area contributed by atoms with Crippen molar-refractivity contribution >= 4 is 17.8 Å². The van der Waals surface area contributed by atoms with Gasteiger partial charge in [-0.1, -0.05) is 0 Å². The topological polar surface area (TPSA) is 101 Å². The minimum atomic E-state index is -0.481. The van der Waals surface area contributed by atoms with Gasteiger partial charge in [-0.15, -0.1) is 0 Å². The molecule has 8 heteroatoms. The molecule has 0 bridgehead atoms. The average Bonchev–Trinajstić information content (AvgIpc) is 2.36. The van der Waals surface area contributed by atoms with Gasteiger partial charge in [0.15, 0.2) is 0 Å². The summed E-state index contributed by atoms with van der Waals surface area (Å²) in [6.07, 6.45) is 0. The number of anilines is 2. The van der Waals surface area contributed by atoms with E-state index in [1.807, 2.05) is 20.8 Å². The van der Waals surface area contributed by atoms with Crippen LogP contribution in [0.25, 0.3) is 0 Å². The third kappa shape index (κ3) is 4.87. The highest BCUT2D eigenvalue weighted by molar-refractivity contribution is 5.84. The third-order valence-electron chi connectivity index (χ3n) is 2.26. The molecule has 0 radical (unpaired) electrons. The molecular weight excluding hydrogens is 260 g/mol. The molecule has 112 valence electrons. The van der Waals surface area contributed by atoms with Crippen LogP contribution in [0.2, 0.25) is 0 Å². The van der Waals surface area contributed by atoms with Gasteiger partial charge < -0.3 is 20.7 Å². The van der Waals surface area contributed by atoms with E-state index in [0.29, 0.717) is 5.95 Å². The molecule has 3 N–H and O–H groups in total. The molecule has 0 aliphatic rings. The van der Waals surface area contributed by atoms with Gasteiger partial charge >= 0.3 is 6.01 Å². The number of carbonyl (C=O) groups is 1. The van der Waals surface area contributed by atoms with Crippen molar-refractivity contribution in [2.45, 2.75) is 39.3 Å². The lowest BCUT2D eigenvalue weighted by Crippen LogP contribution is -2.47. The van der Waals surface area contributed by atoms with Crippen LogP contribution in [0.5, 0.6) is 6.01 Å². The smallest absolute Gasteiger partial charge is 0.322 e. The van der Waals surface area contributed by atoms with Gasteiger partial charge in [-0.2, -0.15) is 15.0 Å². The van der Waals surface area contributed by atoms with E-state index in [1.54, 1.807) is 14.0 Å². The number of aromatic nitrogens is 3. The van der Waals surface area contributed by atoms with Crippen molar-refractivity contribution in [1.82, 2.24) is 20.3 Å². The molecule has 1 heterocycles. The molecule has 0 aliphatic carbocycles. The first-order valence-corrected chi connectivity index (χ1v) is 6.31. The zero-order valence-electron chi connectivity index (χ0n) is 12.7. The van der Waals surface area contributed by atoms with Crippen LogP contribution in [0.1, 0.15) is 27.7 Å². The SMILES string of the molecule is CNc1nc(NC(C)C(=O)NC(C)(C)C)nc(OC)n1. The Labute approximate surface area is 118 Å². The zero-order chi connectivity index (χ0) is 15.3. The fourth-order valence-electron chi connectivity index (χ4n) is 1.36. The Bertz CT molecular complexity index is 449. The summed E-state index contributed by atoms with van der Waals surface area (Å²) in [4.78, 5) is 24.1. The molecule has 1 unspecified atom stereocenters. The molecule has 1 amide bonds. The first-order chi connectivity index (χ1) is 9.25. The van der Waals surface area contributed by atoms with Crippen molar-refractivity contribution in [3.8, 4) is 6.01 Å². The normalized spacial score (nSPS) is 12.5. The maximum Gasteiger partial charge on any atom is 0.322 e. The van der Waals surface area contributed by atoms with E-state index < -0.39 is 6.04 Å². The largest absolute Gasteiger partial charge is 0.467 e. The second kappa shape index (κ2) is 6.36. The third-order valence-corrected chi connectivity index (χ3v) is 2.26. The Morgan fingerprint density at radius 3 is 2.30 bits per heavy atom. The summed E-state index contributed by atoms with van der Waals surface area (Å²) in [6.45, 7) is 7.49. The average molecular weight is 282 g/mol. The fourth-order valence-corrected chi connectivity index (χ4v) is 1.36. The molecule has 20 heavy (non-hydrogen) atoms. The number of methoxy groups -OCH3 is 1. The van der Waals surface area contributed by atoms with Crippen LogP contribution in [0.15, 0.2) is 0 Å². The predicted molar refractivity (Wildman–Crippen MR) is 76.9 cm³/mol. The number of hydrogen-bond donors (Lipinski definition) is 3. The summed E-state index contributed by atoms with van der Waals surface area (Å²) < 4.78 is 4.98. The van der Waals surface area contributed by atoms with Crippen LogP contribution >= 0.6 is 0 Å². The highest BCUT2D eigenvalue weighted by Gasteiger charge is 2.20. The maximum atomic E-state index is 12.0. The van der Waals surface area contributed by atoms with Crippen molar-refractivity contribution in [2.75, 3.05) is 24.8 Å². The van der Waals surface area contributed by atoms with Crippen molar-refractivity contribution in [2.24, 2.45) is 0 Å². The zero-order valence-corrected chi connectivity index (χ0v) is 12.7. The number of nitrogens with zero attached hydrogens (tertiary/aromatic N) is 3. The quantitative estimate of drug-likeness (QED) is 0.728. The van der Waals surface area contributed by atoms with Crippen LogP contribution < -0.4 is 20.7 Å². The lowest BCUT2D eigenvalue weighted by molar-refractivity contribution is -0.122. The molecule has 0 saturated heterocycles. The highest BCUT2D eigenvalue weighted by Crippen LogP contribution is 2.11. The Kier molecular flexibility index (Phi) is 5.06. The number of carbonyl (C=O) groups excluding carboxylic acids is 1. The maximum absolute atomic E-state index is 12.0. The van der Waals surface area contributed by atoms with Gasteiger partial charge in [-0.25, -0.2) is 0 Å². The summed E-state index contributed by atoms with van der Waals surface area (Å²) in [5, 5.41) is 8.60. The summed E-state index contributed by atoms with van der Waals surface area (Å²) in [5.74, 6) is 0.503. The van der Waals surface area contributed by atoms with Gasteiger partial charge in [0.25, 0.3) is 0 Å². The molecule has 0 spiro atoms. The Balaban J connectivity index is 2.79. The number of rotatable bonds is 5. The Morgan fingerprint density at radius 1 is 1.20 bits per heavy atom. The van der Waals surface area contributed by atoms with Crippen LogP contribution in [-0.4, -0.2) is 46.6 Å². The molecule has 0 aliphatic heterocycles. The van der Waals surface area contributed by atoms with E-state index in [2.05, 4.69) is 30.9 Å². The minimum Gasteiger partial charge on any atom is -0.467 e. The number of nitrogens with one attached hydrogen (secondary N) is 3. The first-order valence-electron chi connectivity index (χ1n) is 6.31. The molecule has 0 saturated carbocycles. The molecular formula is C12H22N6O2. The number of hydrogen-bond acceptors (Lipinski definition) is 7. The summed E-state index contributed by atoms with van der Waals surface area (Å²) in [5.41, 5.74) is -0.292. The van der Waals surface area contributed by atoms with Gasteiger partial charge in [0, 0.05) is 12.6 Å². The monoisotopic (exact) mass is 282 g/mol. The second-order valence-electron chi connectivity index (χ2n) is 5.32. The van der Waals surface area contributed by atoms with E-state index >= 15 is 0 Å². The van der Waals surface area contributed by atoms with E-state index in [-0.39, 0.29) is 23.4 Å². The molecule has 0 fully saturated rings. The summed E-state index contributed by atoms with van der Waals surface area (Å²) in [6, 6.07) is -0.304. The van der Waals surface area contributed by atoms with Crippen LogP contribution in [0.3, 0.4) is 0 Å². The van der Waals surface area contributed by atoms with Crippen molar-refractivity contribution < 1.29 is 9.53 Å². The molecule has 8 nitrogen and oxygen atoms in total. The Morgan fingerprint density at radius 2 is 1.80 bits per heavy atom. The Hall–Kier alpha value is -2.12. The van der Waals surface area contributed by atoms with Crippen LogP contribution in [0, 0.1) is 0 Å². The standard InChI is InChI=1S/C12H22N6O2/c1-7(8(19)18-12(2,3)4)14-10-15-9(13-5)16-11(17-10)20-6/h7H,1-6H3,(H,18,19)(H2,13,14,15,16,17). The second-order valence-corrected chi connectivity index (χ2v) is 5.32. The van der Waals surface area contributed by atoms with Gasteiger partial charge in [-0.3, -0.25) is 4.79 Å². The van der Waals surface area contributed by atoms with E-state index in [9.17, 15) is 4.79 Å². The van der Waals surface area contributed by atoms with Crippen LogP contribution in [-0.2, 0) is 4.79 Å². The van der Waals surface area contributed by atoms with Gasteiger partial charge in [0.1, 0.15) is 6.04 Å². The number of amides is 1. The van der Waals surface area contributed by atoms with Gasteiger partial charge in [0.2, 0.25) is 17.8 Å². The van der Waals surface area contributed by atoms with Crippen LogP contribution in [0.4, 0.5) is 11.9 Å². The van der Waals surface area contributed by atoms with Crippen molar-refractivity contribution in [3.63, 3.8) is 0 Å². The predicted octanol–water partition coefficient (Wildman–Crippen LogP) is 0.637. The molecule has 1 atom stereocenters. The van der Waals surface area contributed by atoms with E-state index in [1.165, 1.54) is 7.11 Å². The first kappa shape index (κ1) is 15.9. The van der Waals surface area contributed by atoms with E-state index in [4.69, 9.17) is 4.74 Å². The highest BCUT2D eigenvalue weighted by atomic mass is 16.5. The molecule has 0 aromatic carbocycles. The minimum absolute atomic E-state index is 0.136. The van der Waals surface area contributed by atoms with Gasteiger partial charge in [0.05, 0.1) is 7.11 Å². The fraction of sp³-hybridized carbons (Fsp3) is 0.667.